The first kappa shape index (κ1) is 27.8. The van der Waals surface area contributed by atoms with E-state index in [9.17, 15) is 20.1 Å². The van der Waals surface area contributed by atoms with Crippen LogP contribution in [0.15, 0.2) is 12.1 Å². The van der Waals surface area contributed by atoms with Crippen LogP contribution in [-0.2, 0) is 9.53 Å². The van der Waals surface area contributed by atoms with Crippen molar-refractivity contribution in [2.24, 2.45) is 11.3 Å². The summed E-state index contributed by atoms with van der Waals surface area (Å²) in [7, 11) is 2.79. The van der Waals surface area contributed by atoms with Gasteiger partial charge in [-0.05, 0) is 43.7 Å². The van der Waals surface area contributed by atoms with E-state index in [1.807, 2.05) is 32.9 Å². The standard InChI is InChI=1S/C25H35N3O5/c1-9-12-33-23(30)20-17(10-11-18(31-7)21(20)32-8)19(16(13-26)14-27)22(29)28-25(5,6)15-24(2,3)4/h10-11,16,19H,9,12,15H2,1-8H3,(H,28,29). The number of rotatable bonds is 10. The van der Waals surface area contributed by atoms with E-state index < -0.39 is 29.3 Å². The van der Waals surface area contributed by atoms with Crippen LogP contribution in [0.2, 0.25) is 0 Å². The summed E-state index contributed by atoms with van der Waals surface area (Å²) < 4.78 is 16.1. The van der Waals surface area contributed by atoms with E-state index in [4.69, 9.17) is 14.2 Å². The van der Waals surface area contributed by atoms with Gasteiger partial charge in [-0.2, -0.15) is 10.5 Å². The van der Waals surface area contributed by atoms with Gasteiger partial charge in [0.25, 0.3) is 0 Å². The van der Waals surface area contributed by atoms with Gasteiger partial charge in [0.1, 0.15) is 11.5 Å². The van der Waals surface area contributed by atoms with Crippen LogP contribution in [0, 0.1) is 34.0 Å². The van der Waals surface area contributed by atoms with Gasteiger partial charge in [-0.25, -0.2) is 4.79 Å². The molecule has 0 spiro atoms. The lowest BCUT2D eigenvalue weighted by molar-refractivity contribution is -0.124. The third kappa shape index (κ3) is 7.39. The summed E-state index contributed by atoms with van der Waals surface area (Å²) in [6, 6.07) is 6.83. The van der Waals surface area contributed by atoms with E-state index in [1.165, 1.54) is 26.4 Å². The number of esters is 1. The Labute approximate surface area is 196 Å². The number of methoxy groups -OCH3 is 2. The number of ether oxygens (including phenoxy) is 3. The van der Waals surface area contributed by atoms with Gasteiger partial charge in [-0.1, -0.05) is 33.8 Å². The van der Waals surface area contributed by atoms with Crippen molar-refractivity contribution in [1.29, 1.82) is 10.5 Å². The van der Waals surface area contributed by atoms with Crippen LogP contribution in [0.4, 0.5) is 0 Å². The Balaban J connectivity index is 3.70. The molecule has 0 aliphatic rings. The molecule has 0 radical (unpaired) electrons. The highest BCUT2D eigenvalue weighted by molar-refractivity contribution is 5.98. The molecule has 1 rings (SSSR count). The van der Waals surface area contributed by atoms with Crippen molar-refractivity contribution in [1.82, 2.24) is 5.32 Å². The Hall–Kier alpha value is -3.26. The van der Waals surface area contributed by atoms with Gasteiger partial charge in [0.2, 0.25) is 5.91 Å². The average Bonchev–Trinajstić information content (AvgIpc) is 2.72. The molecule has 180 valence electrons. The van der Waals surface area contributed by atoms with E-state index in [1.54, 1.807) is 0 Å². The summed E-state index contributed by atoms with van der Waals surface area (Å²) in [5.41, 5.74) is -0.558. The Morgan fingerprint density at radius 1 is 1.06 bits per heavy atom. The summed E-state index contributed by atoms with van der Waals surface area (Å²) in [6.07, 6.45) is 1.25. The van der Waals surface area contributed by atoms with E-state index in [0.717, 1.165) is 0 Å². The number of hydrogen-bond donors (Lipinski definition) is 1. The predicted molar refractivity (Wildman–Crippen MR) is 124 cm³/mol. The fourth-order valence-corrected chi connectivity index (χ4v) is 4.11. The van der Waals surface area contributed by atoms with Gasteiger partial charge < -0.3 is 19.5 Å². The molecule has 1 aromatic rings. The molecule has 1 amide bonds. The second-order valence-electron chi connectivity index (χ2n) is 9.73. The van der Waals surface area contributed by atoms with Crippen molar-refractivity contribution in [2.75, 3.05) is 20.8 Å². The molecule has 1 unspecified atom stereocenters. The predicted octanol–water partition coefficient (Wildman–Crippen LogP) is 4.35. The largest absolute Gasteiger partial charge is 0.493 e. The molecule has 0 saturated carbocycles. The van der Waals surface area contributed by atoms with Crippen LogP contribution in [0.5, 0.6) is 11.5 Å². The second-order valence-corrected chi connectivity index (χ2v) is 9.73. The SMILES string of the molecule is CCCOC(=O)c1c(C(C(=O)NC(C)(C)CC(C)(C)C)C(C#N)C#N)ccc(OC)c1OC. The molecule has 8 heteroatoms. The van der Waals surface area contributed by atoms with Gasteiger partial charge >= 0.3 is 5.97 Å². The zero-order valence-electron chi connectivity index (χ0n) is 20.9. The Bertz CT molecular complexity index is 921. The molecular formula is C25H35N3O5. The molecule has 0 aromatic heterocycles. The summed E-state index contributed by atoms with van der Waals surface area (Å²) in [5, 5.41) is 22.3. The Morgan fingerprint density at radius 3 is 2.12 bits per heavy atom. The van der Waals surface area contributed by atoms with Gasteiger partial charge in [-0.15, -0.1) is 0 Å². The fraction of sp³-hybridized carbons (Fsp3) is 0.600. The number of amides is 1. The maximum absolute atomic E-state index is 13.5. The number of carbonyl (C=O) groups is 2. The summed E-state index contributed by atoms with van der Waals surface area (Å²) in [6.45, 7) is 11.9. The Morgan fingerprint density at radius 2 is 1.67 bits per heavy atom. The molecule has 1 atom stereocenters. The zero-order chi connectivity index (χ0) is 25.4. The van der Waals surface area contributed by atoms with Crippen LogP contribution in [-0.4, -0.2) is 38.2 Å². The number of benzene rings is 1. The quantitative estimate of drug-likeness (QED) is 0.518. The van der Waals surface area contributed by atoms with Gasteiger partial charge in [0, 0.05) is 5.54 Å². The number of nitrogens with zero attached hydrogens (tertiary/aromatic N) is 2. The highest BCUT2D eigenvalue weighted by Crippen LogP contribution is 2.40. The topological polar surface area (TPSA) is 121 Å². The van der Waals surface area contributed by atoms with Crippen molar-refractivity contribution < 1.29 is 23.8 Å². The lowest BCUT2D eigenvalue weighted by Crippen LogP contribution is -2.48. The monoisotopic (exact) mass is 457 g/mol. The van der Waals surface area contributed by atoms with E-state index in [-0.39, 0.29) is 34.6 Å². The van der Waals surface area contributed by atoms with Crippen LogP contribution in [0.3, 0.4) is 0 Å². The summed E-state index contributed by atoms with van der Waals surface area (Å²) in [5.74, 6) is -3.49. The molecule has 0 fully saturated rings. The molecule has 0 heterocycles. The van der Waals surface area contributed by atoms with E-state index >= 15 is 0 Å². The summed E-state index contributed by atoms with van der Waals surface area (Å²) in [4.78, 5) is 26.5. The molecular weight excluding hydrogens is 422 g/mol. The number of carbonyl (C=O) groups excluding carboxylic acids is 2. The molecule has 1 N–H and O–H groups in total. The molecule has 1 aromatic carbocycles. The Kier molecular flexibility index (Phi) is 9.73. The second kappa shape index (κ2) is 11.6. The van der Waals surface area contributed by atoms with E-state index in [0.29, 0.717) is 12.8 Å². The molecule has 8 nitrogen and oxygen atoms in total. The van der Waals surface area contributed by atoms with Crippen molar-refractivity contribution in [3.8, 4) is 23.6 Å². The van der Waals surface area contributed by atoms with Crippen molar-refractivity contribution in [3.05, 3.63) is 23.3 Å². The first-order chi connectivity index (χ1) is 15.4. The zero-order valence-corrected chi connectivity index (χ0v) is 20.9. The van der Waals surface area contributed by atoms with Gasteiger partial charge in [0.05, 0.1) is 38.9 Å². The lowest BCUT2D eigenvalue weighted by Gasteiger charge is -2.35. The number of nitrogens with one attached hydrogen (secondary N) is 1. The number of hydrogen-bond acceptors (Lipinski definition) is 7. The maximum Gasteiger partial charge on any atom is 0.342 e. The maximum atomic E-state index is 13.5. The minimum Gasteiger partial charge on any atom is -0.493 e. The van der Waals surface area contributed by atoms with Crippen molar-refractivity contribution >= 4 is 11.9 Å². The number of nitriles is 2. The van der Waals surface area contributed by atoms with Crippen LogP contribution < -0.4 is 14.8 Å². The molecule has 0 bridgehead atoms. The van der Waals surface area contributed by atoms with Crippen LogP contribution >= 0.6 is 0 Å². The van der Waals surface area contributed by atoms with E-state index in [2.05, 4.69) is 26.1 Å². The normalized spacial score (nSPS) is 12.3. The van der Waals surface area contributed by atoms with Crippen molar-refractivity contribution in [2.45, 2.75) is 65.8 Å². The first-order valence-corrected chi connectivity index (χ1v) is 10.9. The molecule has 0 aliphatic heterocycles. The molecule has 33 heavy (non-hydrogen) atoms. The third-order valence-corrected chi connectivity index (χ3v) is 4.88. The van der Waals surface area contributed by atoms with Crippen molar-refractivity contribution in [3.63, 3.8) is 0 Å². The highest BCUT2D eigenvalue weighted by atomic mass is 16.5. The van der Waals surface area contributed by atoms with Crippen LogP contribution in [0.25, 0.3) is 0 Å². The third-order valence-electron chi connectivity index (χ3n) is 4.88. The average molecular weight is 458 g/mol. The first-order valence-electron chi connectivity index (χ1n) is 10.9. The molecule has 0 saturated heterocycles. The minimum absolute atomic E-state index is 0.0328. The smallest absolute Gasteiger partial charge is 0.342 e. The summed E-state index contributed by atoms with van der Waals surface area (Å²) >= 11 is 0. The minimum atomic E-state index is -1.34. The lowest BCUT2D eigenvalue weighted by atomic mass is 9.80. The fourth-order valence-electron chi connectivity index (χ4n) is 4.11. The van der Waals surface area contributed by atoms with Gasteiger partial charge in [-0.3, -0.25) is 4.79 Å². The molecule has 0 aliphatic carbocycles. The highest BCUT2D eigenvalue weighted by Gasteiger charge is 2.39. The van der Waals surface area contributed by atoms with Crippen LogP contribution in [0.1, 0.15) is 76.2 Å². The van der Waals surface area contributed by atoms with Gasteiger partial charge in [0.15, 0.2) is 11.5 Å².